The van der Waals surface area contributed by atoms with Gasteiger partial charge in [-0.2, -0.15) is 0 Å². The number of rotatable bonds is 4. The van der Waals surface area contributed by atoms with Crippen molar-refractivity contribution in [3.63, 3.8) is 0 Å². The van der Waals surface area contributed by atoms with Crippen molar-refractivity contribution in [2.24, 2.45) is 0 Å². The minimum atomic E-state index is -3.94. The number of fused-ring (bicyclic) bond motifs is 1. The van der Waals surface area contributed by atoms with Gasteiger partial charge in [-0.15, -0.1) is 0 Å². The molecule has 27 heavy (non-hydrogen) atoms. The van der Waals surface area contributed by atoms with Gasteiger partial charge >= 0.3 is 0 Å². The van der Waals surface area contributed by atoms with Crippen molar-refractivity contribution in [1.29, 1.82) is 0 Å². The molecule has 0 atom stereocenters. The zero-order chi connectivity index (χ0) is 19.9. The molecule has 0 saturated heterocycles. The highest BCUT2D eigenvalue weighted by Crippen LogP contribution is 2.32. The lowest BCUT2D eigenvalue weighted by Gasteiger charge is -2.17. The van der Waals surface area contributed by atoms with Crippen LogP contribution in [0, 0.1) is 11.6 Å². The number of hydrogen-bond donors (Lipinski definition) is 0. The first kappa shape index (κ1) is 19.5. The molecule has 3 aromatic rings. The van der Waals surface area contributed by atoms with E-state index in [9.17, 15) is 17.6 Å². The van der Waals surface area contributed by atoms with Crippen LogP contribution in [-0.4, -0.2) is 13.0 Å². The number of hydrogen-bond acceptors (Lipinski definition) is 3. The van der Waals surface area contributed by atoms with Crippen LogP contribution in [0.1, 0.15) is 19.5 Å². The van der Waals surface area contributed by atoms with Gasteiger partial charge in [-0.25, -0.2) is 17.2 Å². The molecule has 0 aliphatic heterocycles. The van der Waals surface area contributed by atoms with Crippen LogP contribution in [-0.2, 0) is 22.0 Å². The monoisotopic (exact) mass is 411 g/mol. The van der Waals surface area contributed by atoms with Crippen molar-refractivity contribution in [2.75, 3.05) is 0 Å². The second-order valence-corrected chi connectivity index (χ2v) is 8.57. The summed E-state index contributed by atoms with van der Waals surface area (Å²) < 4.78 is 54.4. The Hall–Kier alpha value is -2.25. The second kappa shape index (κ2) is 7.05. The molecular formula is C19H16ClF2NO3S. The molecular weight excluding hydrogens is 396 g/mol. The molecule has 0 aliphatic carbocycles. The van der Waals surface area contributed by atoms with Crippen molar-refractivity contribution < 1.29 is 17.2 Å². The lowest BCUT2D eigenvalue weighted by molar-refractivity contribution is 0.588. The molecule has 0 spiro atoms. The van der Waals surface area contributed by atoms with Crippen LogP contribution in [0.2, 0.25) is 0 Å². The van der Waals surface area contributed by atoms with Crippen LogP contribution in [0.3, 0.4) is 0 Å². The van der Waals surface area contributed by atoms with E-state index in [1.54, 1.807) is 4.57 Å². The third kappa shape index (κ3) is 3.37. The summed E-state index contributed by atoms with van der Waals surface area (Å²) in [4.78, 5) is 12.1. The average molecular weight is 412 g/mol. The zero-order valence-electron chi connectivity index (χ0n) is 14.6. The van der Waals surface area contributed by atoms with E-state index in [0.717, 1.165) is 6.07 Å². The first-order valence-electron chi connectivity index (χ1n) is 8.28. The molecule has 0 unspecified atom stereocenters. The SMILES string of the molecule is CCc1cc(=O)c2cc(F)c(-c3ccc(S(=O)(=O)Cl)cc3)c(F)c2n1CC. The standard InChI is InChI=1S/C19H16ClF2NO3S/c1-3-12-9-16(24)14-10-15(21)17(18(22)19(14)23(12)4-2)11-5-7-13(8-6-11)27(20,25)26/h5-10H,3-4H2,1-2H3. The highest BCUT2D eigenvalue weighted by atomic mass is 35.7. The lowest BCUT2D eigenvalue weighted by atomic mass is 10.0. The largest absolute Gasteiger partial charge is 0.342 e. The van der Waals surface area contributed by atoms with Crippen molar-refractivity contribution >= 4 is 30.6 Å². The van der Waals surface area contributed by atoms with E-state index in [1.165, 1.54) is 30.3 Å². The summed E-state index contributed by atoms with van der Waals surface area (Å²) in [7, 11) is 1.33. The number of halogens is 3. The fourth-order valence-electron chi connectivity index (χ4n) is 3.21. The molecule has 0 aliphatic rings. The minimum Gasteiger partial charge on any atom is -0.342 e. The van der Waals surface area contributed by atoms with Crippen molar-refractivity contribution in [3.05, 3.63) is 63.9 Å². The molecule has 8 heteroatoms. The third-order valence-corrected chi connectivity index (χ3v) is 5.84. The maximum atomic E-state index is 15.3. The van der Waals surface area contributed by atoms with Crippen LogP contribution < -0.4 is 5.43 Å². The molecule has 0 saturated carbocycles. The summed E-state index contributed by atoms with van der Waals surface area (Å²) in [6.45, 7) is 4.07. The fraction of sp³-hybridized carbons (Fsp3) is 0.211. The van der Waals surface area contributed by atoms with Crippen LogP contribution in [0.25, 0.3) is 22.0 Å². The average Bonchev–Trinajstić information content (AvgIpc) is 2.61. The summed E-state index contributed by atoms with van der Waals surface area (Å²) in [5.74, 6) is -1.76. The molecule has 1 aromatic heterocycles. The molecule has 0 amide bonds. The molecule has 142 valence electrons. The Morgan fingerprint density at radius 3 is 2.22 bits per heavy atom. The summed E-state index contributed by atoms with van der Waals surface area (Å²) >= 11 is 0. The van der Waals surface area contributed by atoms with Crippen LogP contribution in [0.15, 0.2) is 46.1 Å². The van der Waals surface area contributed by atoms with Crippen LogP contribution >= 0.6 is 10.7 Å². The molecule has 0 N–H and O–H groups in total. The van der Waals surface area contributed by atoms with Gasteiger partial charge in [0.1, 0.15) is 5.82 Å². The number of aromatic nitrogens is 1. The number of benzene rings is 2. The van der Waals surface area contributed by atoms with Crippen molar-refractivity contribution in [2.45, 2.75) is 31.7 Å². The van der Waals surface area contributed by atoms with E-state index in [2.05, 4.69) is 0 Å². The zero-order valence-corrected chi connectivity index (χ0v) is 16.2. The number of aryl methyl sites for hydroxylation is 2. The highest BCUT2D eigenvalue weighted by molar-refractivity contribution is 8.13. The number of pyridine rings is 1. The molecule has 4 nitrogen and oxygen atoms in total. The smallest absolute Gasteiger partial charge is 0.261 e. The predicted octanol–water partition coefficient (Wildman–Crippen LogP) is 4.46. The van der Waals surface area contributed by atoms with Gasteiger partial charge in [0.2, 0.25) is 0 Å². The first-order chi connectivity index (χ1) is 12.7. The van der Waals surface area contributed by atoms with Gasteiger partial charge in [0.15, 0.2) is 11.2 Å². The van der Waals surface area contributed by atoms with Gasteiger partial charge in [0.05, 0.1) is 21.4 Å². The maximum absolute atomic E-state index is 15.3. The second-order valence-electron chi connectivity index (χ2n) is 6.00. The Bertz CT molecular complexity index is 1200. The quantitative estimate of drug-likeness (QED) is 0.596. The first-order valence-corrected chi connectivity index (χ1v) is 10.6. The Labute approximate surface area is 159 Å². The highest BCUT2D eigenvalue weighted by Gasteiger charge is 2.21. The molecule has 2 aromatic carbocycles. The summed E-state index contributed by atoms with van der Waals surface area (Å²) in [5, 5.41) is -0.0345. The number of nitrogens with zero attached hydrogens (tertiary/aromatic N) is 1. The van der Waals surface area contributed by atoms with E-state index in [4.69, 9.17) is 10.7 Å². The lowest BCUT2D eigenvalue weighted by Crippen LogP contribution is -2.15. The van der Waals surface area contributed by atoms with E-state index in [-0.39, 0.29) is 26.9 Å². The van der Waals surface area contributed by atoms with Crippen molar-refractivity contribution in [3.8, 4) is 11.1 Å². The van der Waals surface area contributed by atoms with Gasteiger partial charge in [0.25, 0.3) is 9.05 Å². The summed E-state index contributed by atoms with van der Waals surface area (Å²) in [6, 6.07) is 7.33. The Balaban J connectivity index is 2.36. The Kier molecular flexibility index (Phi) is 5.10. The van der Waals surface area contributed by atoms with E-state index >= 15 is 4.39 Å². The maximum Gasteiger partial charge on any atom is 0.261 e. The molecule has 3 rings (SSSR count). The van der Waals surface area contributed by atoms with Gasteiger partial charge in [0, 0.05) is 29.0 Å². The Morgan fingerprint density at radius 1 is 1.07 bits per heavy atom. The topological polar surface area (TPSA) is 56.1 Å². The predicted molar refractivity (Wildman–Crippen MR) is 102 cm³/mol. The summed E-state index contributed by atoms with van der Waals surface area (Å²) in [5.41, 5.74) is 0.0608. The molecule has 0 bridgehead atoms. The van der Waals surface area contributed by atoms with Crippen molar-refractivity contribution in [1.82, 2.24) is 4.57 Å². The van der Waals surface area contributed by atoms with Gasteiger partial charge in [-0.1, -0.05) is 19.1 Å². The minimum absolute atomic E-state index is 0.0345. The van der Waals surface area contributed by atoms with Gasteiger partial charge in [-0.3, -0.25) is 4.79 Å². The van der Waals surface area contributed by atoms with E-state index in [0.29, 0.717) is 18.7 Å². The summed E-state index contributed by atoms with van der Waals surface area (Å²) in [6.07, 6.45) is 0.521. The third-order valence-electron chi connectivity index (χ3n) is 4.48. The van der Waals surface area contributed by atoms with Gasteiger partial charge in [-0.05, 0) is 37.1 Å². The van der Waals surface area contributed by atoms with Gasteiger partial charge < -0.3 is 4.57 Å². The van der Waals surface area contributed by atoms with E-state index < -0.39 is 26.1 Å². The molecule has 1 heterocycles. The normalized spacial score (nSPS) is 11.9. The van der Waals surface area contributed by atoms with Crippen LogP contribution in [0.4, 0.5) is 8.78 Å². The Morgan fingerprint density at radius 2 is 1.70 bits per heavy atom. The molecule has 0 radical (unpaired) electrons. The van der Waals surface area contributed by atoms with E-state index in [1.807, 2.05) is 13.8 Å². The molecule has 0 fully saturated rings. The van der Waals surface area contributed by atoms with Crippen LogP contribution in [0.5, 0.6) is 0 Å². The fourth-order valence-corrected chi connectivity index (χ4v) is 3.98.